The minimum Gasteiger partial charge on any atom is -0.480 e. The van der Waals surface area contributed by atoms with Gasteiger partial charge in [0.05, 0.1) is 19.8 Å². The second kappa shape index (κ2) is 44.3. The van der Waals surface area contributed by atoms with Gasteiger partial charge < -0.3 is 25.2 Å². The Morgan fingerprint density at radius 2 is 0.932 bits per heavy atom. The number of carboxylic acid groups (broad SMARTS) is 1. The van der Waals surface area contributed by atoms with Crippen molar-refractivity contribution in [1.82, 2.24) is 0 Å². The Labute approximate surface area is 361 Å². The number of nitrogens with two attached hydrogens (primary N) is 1. The Morgan fingerprint density at radius 3 is 1.41 bits per heavy atom. The van der Waals surface area contributed by atoms with Crippen LogP contribution in [0.4, 0.5) is 0 Å². The van der Waals surface area contributed by atoms with Crippen LogP contribution < -0.4 is 5.73 Å². The van der Waals surface area contributed by atoms with Gasteiger partial charge >= 0.3 is 19.8 Å². The Morgan fingerprint density at radius 1 is 0.542 bits per heavy atom. The summed E-state index contributed by atoms with van der Waals surface area (Å²) >= 11 is 0. The van der Waals surface area contributed by atoms with Crippen molar-refractivity contribution in [3.8, 4) is 0 Å². The van der Waals surface area contributed by atoms with Gasteiger partial charge in [-0.3, -0.25) is 18.6 Å². The molecule has 0 bridgehead atoms. The molecule has 0 radical (unpaired) electrons. The van der Waals surface area contributed by atoms with E-state index in [-0.39, 0.29) is 13.0 Å². The van der Waals surface area contributed by atoms with Crippen LogP contribution in [-0.2, 0) is 32.7 Å². The van der Waals surface area contributed by atoms with Gasteiger partial charge in [-0.05, 0) is 70.6 Å². The average molecular weight is 856 g/mol. The lowest BCUT2D eigenvalue weighted by molar-refractivity contribution is -0.154. The van der Waals surface area contributed by atoms with Crippen LogP contribution in [0.3, 0.4) is 0 Å². The number of esters is 1. The normalized spacial score (nSPS) is 14.1. The molecule has 0 aliphatic rings. The van der Waals surface area contributed by atoms with Crippen molar-refractivity contribution < 1.29 is 42.7 Å². The molecule has 346 valence electrons. The van der Waals surface area contributed by atoms with E-state index in [1.54, 1.807) is 0 Å². The molecule has 0 spiro atoms. The lowest BCUT2D eigenvalue weighted by Gasteiger charge is -2.20. The molecule has 0 heterocycles. The number of hydrogen-bond donors (Lipinski definition) is 3. The maximum atomic E-state index is 12.7. The average Bonchev–Trinajstić information content (AvgIpc) is 3.21. The van der Waals surface area contributed by atoms with E-state index in [1.165, 1.54) is 141 Å². The summed E-state index contributed by atoms with van der Waals surface area (Å²) in [5.74, 6) is -1.78. The summed E-state index contributed by atoms with van der Waals surface area (Å²) in [4.78, 5) is 33.6. The van der Waals surface area contributed by atoms with Crippen LogP contribution >= 0.6 is 7.82 Å². The van der Waals surface area contributed by atoms with Crippen LogP contribution in [0.5, 0.6) is 0 Å². The van der Waals surface area contributed by atoms with Gasteiger partial charge in [0.25, 0.3) is 0 Å². The zero-order chi connectivity index (χ0) is 43.3. The fourth-order valence-electron chi connectivity index (χ4n) is 6.63. The second-order valence-electron chi connectivity index (χ2n) is 16.2. The summed E-state index contributed by atoms with van der Waals surface area (Å²) in [6.07, 6.45) is 50.5. The Hall–Kier alpha value is -1.81. The van der Waals surface area contributed by atoms with Crippen LogP contribution in [0, 0.1) is 0 Å². The molecule has 0 aliphatic heterocycles. The zero-order valence-electron chi connectivity index (χ0n) is 37.9. The molecular weight excluding hydrogens is 765 g/mol. The van der Waals surface area contributed by atoms with Crippen molar-refractivity contribution >= 4 is 19.8 Å². The first-order valence-electron chi connectivity index (χ1n) is 24.0. The van der Waals surface area contributed by atoms with E-state index in [0.29, 0.717) is 13.0 Å². The lowest BCUT2D eigenvalue weighted by Crippen LogP contribution is -2.34. The van der Waals surface area contributed by atoms with E-state index in [2.05, 4.69) is 50.3 Å². The van der Waals surface area contributed by atoms with E-state index in [1.807, 2.05) is 0 Å². The molecular formula is C48H90NO9P. The smallest absolute Gasteiger partial charge is 0.472 e. The molecule has 0 rings (SSSR count). The van der Waals surface area contributed by atoms with Gasteiger partial charge in [-0.25, -0.2) is 4.57 Å². The van der Waals surface area contributed by atoms with Crippen molar-refractivity contribution in [3.05, 3.63) is 36.5 Å². The van der Waals surface area contributed by atoms with E-state index in [9.17, 15) is 19.0 Å². The molecule has 0 saturated carbocycles. The van der Waals surface area contributed by atoms with Gasteiger partial charge in [0.1, 0.15) is 12.1 Å². The lowest BCUT2D eigenvalue weighted by atomic mass is 10.0. The first-order valence-corrected chi connectivity index (χ1v) is 25.5. The van der Waals surface area contributed by atoms with Crippen molar-refractivity contribution in [3.63, 3.8) is 0 Å². The summed E-state index contributed by atoms with van der Waals surface area (Å²) in [7, 11) is -4.62. The van der Waals surface area contributed by atoms with Gasteiger partial charge in [-0.1, -0.05) is 179 Å². The number of phosphoric acid groups is 1. The summed E-state index contributed by atoms with van der Waals surface area (Å²) in [6.45, 7) is 3.86. The van der Waals surface area contributed by atoms with Gasteiger partial charge in [0.15, 0.2) is 0 Å². The van der Waals surface area contributed by atoms with Crippen LogP contribution in [-0.4, -0.2) is 60.5 Å². The van der Waals surface area contributed by atoms with Crippen molar-refractivity contribution in [2.24, 2.45) is 5.73 Å². The number of hydrogen-bond acceptors (Lipinski definition) is 8. The largest absolute Gasteiger partial charge is 0.480 e. The summed E-state index contributed by atoms with van der Waals surface area (Å²) < 4.78 is 33.4. The Balaban J connectivity index is 4.14. The topological polar surface area (TPSA) is 155 Å². The summed E-state index contributed by atoms with van der Waals surface area (Å²) in [5.41, 5.74) is 5.36. The number of rotatable bonds is 46. The third-order valence-corrected chi connectivity index (χ3v) is 11.3. The molecule has 3 atom stereocenters. The predicted molar refractivity (Wildman–Crippen MR) is 245 cm³/mol. The fourth-order valence-corrected chi connectivity index (χ4v) is 7.41. The number of phosphoric ester groups is 1. The number of carboxylic acids is 1. The monoisotopic (exact) mass is 856 g/mol. The number of carbonyl (C=O) groups excluding carboxylic acids is 1. The molecule has 11 heteroatoms. The fraction of sp³-hybridized carbons (Fsp3) is 0.833. The maximum Gasteiger partial charge on any atom is 0.472 e. The Kier molecular flexibility index (Phi) is 42.9. The number of ether oxygens (including phenoxy) is 2. The SMILES string of the molecule is CCCCCC/C=C\CCCCCCCCOCC(COP(=O)(O)OCC(N)C(=O)O)OC(=O)CCCCCCCCCCCCC/C=C\C/C=C\CCCCCCC. The summed E-state index contributed by atoms with van der Waals surface area (Å²) in [6, 6.07) is -1.47. The highest BCUT2D eigenvalue weighted by atomic mass is 31.2. The third kappa shape index (κ3) is 44.1. The van der Waals surface area contributed by atoms with E-state index in [4.69, 9.17) is 29.4 Å². The first-order chi connectivity index (χ1) is 28.7. The van der Waals surface area contributed by atoms with Crippen molar-refractivity contribution in [2.45, 2.75) is 231 Å². The molecule has 0 aromatic heterocycles. The molecule has 0 amide bonds. The minimum absolute atomic E-state index is 0.0133. The highest BCUT2D eigenvalue weighted by Crippen LogP contribution is 2.43. The summed E-state index contributed by atoms with van der Waals surface area (Å²) in [5, 5.41) is 8.91. The standard InChI is InChI=1S/C48H90NO9P/c1-3-5-7-9-11-13-15-17-19-20-21-22-23-24-25-26-27-28-30-32-34-36-38-40-47(50)58-45(43-56-59(53,54)57-44-46(49)48(51)52)42-55-41-39-37-35-33-31-29-18-16-14-12-10-8-6-4-2/h14-17,20-21,45-46H,3-13,18-19,22-44,49H2,1-2H3,(H,51,52)(H,53,54)/b16-14-,17-15-,21-20-. The second-order valence-corrected chi connectivity index (χ2v) is 17.7. The molecule has 0 aromatic rings. The Bertz CT molecular complexity index is 1080. The maximum absolute atomic E-state index is 12.7. The highest BCUT2D eigenvalue weighted by Gasteiger charge is 2.27. The molecule has 0 saturated heterocycles. The van der Waals surface area contributed by atoms with Crippen molar-refractivity contribution in [1.29, 1.82) is 0 Å². The van der Waals surface area contributed by atoms with E-state index >= 15 is 0 Å². The van der Waals surface area contributed by atoms with Crippen LogP contribution in [0.25, 0.3) is 0 Å². The molecule has 0 fully saturated rings. The van der Waals surface area contributed by atoms with Gasteiger partial charge in [0, 0.05) is 13.0 Å². The van der Waals surface area contributed by atoms with Crippen LogP contribution in [0.15, 0.2) is 36.5 Å². The van der Waals surface area contributed by atoms with Gasteiger partial charge in [0.2, 0.25) is 0 Å². The van der Waals surface area contributed by atoms with Gasteiger partial charge in [-0.2, -0.15) is 0 Å². The molecule has 3 unspecified atom stereocenters. The molecule has 10 nitrogen and oxygen atoms in total. The minimum atomic E-state index is -4.62. The predicted octanol–water partition coefficient (Wildman–Crippen LogP) is 13.7. The number of aliphatic carboxylic acids is 1. The first kappa shape index (κ1) is 57.2. The van der Waals surface area contributed by atoms with Crippen LogP contribution in [0.2, 0.25) is 0 Å². The third-order valence-electron chi connectivity index (χ3n) is 10.4. The molecule has 0 aromatic carbocycles. The number of carbonyl (C=O) groups is 2. The quantitative estimate of drug-likeness (QED) is 0.0233. The number of unbranched alkanes of at least 4 members (excludes halogenated alkanes) is 26. The number of allylic oxidation sites excluding steroid dienone is 6. The van der Waals surface area contributed by atoms with E-state index in [0.717, 1.165) is 51.4 Å². The zero-order valence-corrected chi connectivity index (χ0v) is 38.7. The molecule has 4 N–H and O–H groups in total. The van der Waals surface area contributed by atoms with Crippen molar-refractivity contribution in [2.75, 3.05) is 26.4 Å². The van der Waals surface area contributed by atoms with Crippen LogP contribution in [0.1, 0.15) is 219 Å². The molecule has 0 aliphatic carbocycles. The van der Waals surface area contributed by atoms with Gasteiger partial charge in [-0.15, -0.1) is 0 Å². The van der Waals surface area contributed by atoms with E-state index < -0.39 is 45.1 Å². The highest BCUT2D eigenvalue weighted by molar-refractivity contribution is 7.47. The molecule has 59 heavy (non-hydrogen) atoms.